The Kier molecular flexibility index (Phi) is 5.35. The highest BCUT2D eigenvalue weighted by Crippen LogP contribution is 2.17. The Morgan fingerprint density at radius 2 is 2.31 bits per heavy atom. The van der Waals surface area contributed by atoms with Gasteiger partial charge in [0, 0.05) is 6.61 Å². The average Bonchev–Trinajstić information content (AvgIpc) is 2.42. The lowest BCUT2D eigenvalue weighted by Crippen LogP contribution is -2.26. The number of aliphatic hydroxyl groups excluding tert-OH is 1. The van der Waals surface area contributed by atoms with Gasteiger partial charge < -0.3 is 15.2 Å². The molecular formula is C10H21NO2. The molecule has 0 bridgehead atoms. The molecule has 0 radical (unpaired) electrons. The number of hydrogen-bond acceptors (Lipinski definition) is 3. The zero-order valence-electron chi connectivity index (χ0n) is 8.46. The van der Waals surface area contributed by atoms with Crippen molar-refractivity contribution in [3.05, 3.63) is 0 Å². The summed E-state index contributed by atoms with van der Waals surface area (Å²) in [5.74, 6) is 0.432. The van der Waals surface area contributed by atoms with Gasteiger partial charge in [-0.25, -0.2) is 0 Å². The van der Waals surface area contributed by atoms with Crippen molar-refractivity contribution < 1.29 is 9.84 Å². The summed E-state index contributed by atoms with van der Waals surface area (Å²) in [6, 6.07) is 0. The second-order valence-corrected chi connectivity index (χ2v) is 3.67. The summed E-state index contributed by atoms with van der Waals surface area (Å²) in [5.41, 5.74) is 0. The zero-order chi connectivity index (χ0) is 9.52. The number of hydrogen-bond donors (Lipinski definition) is 2. The van der Waals surface area contributed by atoms with Gasteiger partial charge in [-0.05, 0) is 45.2 Å². The van der Waals surface area contributed by atoms with Crippen LogP contribution in [0.1, 0.15) is 26.2 Å². The van der Waals surface area contributed by atoms with Crippen LogP contribution in [0.5, 0.6) is 0 Å². The summed E-state index contributed by atoms with van der Waals surface area (Å²) >= 11 is 0. The molecule has 78 valence electrons. The minimum Gasteiger partial charge on any atom is -0.390 e. The van der Waals surface area contributed by atoms with E-state index in [9.17, 15) is 5.11 Å². The Balaban J connectivity index is 2.22. The van der Waals surface area contributed by atoms with Gasteiger partial charge in [0.2, 0.25) is 0 Å². The normalized spacial score (nSPS) is 26.8. The van der Waals surface area contributed by atoms with Crippen LogP contribution in [0.15, 0.2) is 0 Å². The lowest BCUT2D eigenvalue weighted by Gasteiger charge is -2.20. The van der Waals surface area contributed by atoms with E-state index in [1.165, 1.54) is 6.42 Å². The number of ether oxygens (including phenoxy) is 1. The fourth-order valence-electron chi connectivity index (χ4n) is 1.81. The Morgan fingerprint density at radius 3 is 3.08 bits per heavy atom. The average molecular weight is 187 g/mol. The minimum absolute atomic E-state index is 0.264. The van der Waals surface area contributed by atoms with E-state index >= 15 is 0 Å². The Bertz CT molecular complexity index is 122. The van der Waals surface area contributed by atoms with Crippen LogP contribution in [-0.2, 0) is 4.74 Å². The molecular weight excluding hydrogens is 166 g/mol. The van der Waals surface area contributed by atoms with Gasteiger partial charge in [0.15, 0.2) is 0 Å². The smallest absolute Gasteiger partial charge is 0.0802 e. The standard InChI is InChI=1S/C10H21NO2/c1-2-13-8-10(12)9-4-3-6-11-7-5-9/h9-12H,2-8H2,1H3. The predicted octanol–water partition coefficient (Wildman–Crippen LogP) is 0.773. The summed E-state index contributed by atoms with van der Waals surface area (Å²) in [7, 11) is 0. The first-order valence-corrected chi connectivity index (χ1v) is 5.31. The predicted molar refractivity (Wildman–Crippen MR) is 52.7 cm³/mol. The molecule has 1 rings (SSSR count). The largest absolute Gasteiger partial charge is 0.390 e. The molecule has 1 aliphatic heterocycles. The monoisotopic (exact) mass is 187 g/mol. The molecule has 13 heavy (non-hydrogen) atoms. The van der Waals surface area contributed by atoms with Gasteiger partial charge in [0.25, 0.3) is 0 Å². The summed E-state index contributed by atoms with van der Waals surface area (Å²) in [6.45, 7) is 5.29. The van der Waals surface area contributed by atoms with Gasteiger partial charge in [-0.1, -0.05) is 0 Å². The van der Waals surface area contributed by atoms with E-state index < -0.39 is 0 Å². The molecule has 1 heterocycles. The third kappa shape index (κ3) is 4.07. The maximum atomic E-state index is 9.78. The second kappa shape index (κ2) is 6.35. The second-order valence-electron chi connectivity index (χ2n) is 3.67. The van der Waals surface area contributed by atoms with E-state index in [1.54, 1.807) is 0 Å². The molecule has 2 N–H and O–H groups in total. The van der Waals surface area contributed by atoms with Crippen LogP contribution in [-0.4, -0.2) is 37.5 Å². The maximum Gasteiger partial charge on any atom is 0.0802 e. The molecule has 2 unspecified atom stereocenters. The first kappa shape index (κ1) is 11.0. The molecule has 0 spiro atoms. The van der Waals surface area contributed by atoms with E-state index in [0.717, 1.165) is 25.9 Å². The zero-order valence-corrected chi connectivity index (χ0v) is 8.46. The third-order valence-corrected chi connectivity index (χ3v) is 2.66. The highest BCUT2D eigenvalue weighted by atomic mass is 16.5. The number of aliphatic hydroxyl groups is 1. The van der Waals surface area contributed by atoms with E-state index in [0.29, 0.717) is 19.1 Å². The van der Waals surface area contributed by atoms with Crippen molar-refractivity contribution in [3.8, 4) is 0 Å². The highest BCUT2D eigenvalue weighted by molar-refractivity contribution is 4.73. The van der Waals surface area contributed by atoms with Crippen LogP contribution in [0, 0.1) is 5.92 Å². The lowest BCUT2D eigenvalue weighted by atomic mass is 9.95. The first-order valence-electron chi connectivity index (χ1n) is 5.31. The SMILES string of the molecule is CCOCC(O)C1CCCNCC1. The summed E-state index contributed by atoms with van der Waals surface area (Å²) in [5, 5.41) is 13.1. The van der Waals surface area contributed by atoms with Crippen LogP contribution in [0.2, 0.25) is 0 Å². The summed E-state index contributed by atoms with van der Waals surface area (Å²) in [6.07, 6.45) is 3.11. The van der Waals surface area contributed by atoms with Crippen molar-refractivity contribution in [2.75, 3.05) is 26.3 Å². The van der Waals surface area contributed by atoms with Crippen molar-refractivity contribution in [3.63, 3.8) is 0 Å². The van der Waals surface area contributed by atoms with Crippen molar-refractivity contribution in [1.82, 2.24) is 5.32 Å². The Labute approximate surface area is 80.5 Å². The molecule has 0 aromatic rings. The van der Waals surface area contributed by atoms with Crippen molar-refractivity contribution in [2.45, 2.75) is 32.3 Å². The molecule has 0 saturated carbocycles. The minimum atomic E-state index is -0.264. The molecule has 0 amide bonds. The lowest BCUT2D eigenvalue weighted by molar-refractivity contribution is 0.00576. The molecule has 0 aliphatic carbocycles. The first-order chi connectivity index (χ1) is 6.34. The molecule has 2 atom stereocenters. The third-order valence-electron chi connectivity index (χ3n) is 2.66. The molecule has 3 heteroatoms. The molecule has 1 saturated heterocycles. The number of nitrogens with one attached hydrogen (secondary N) is 1. The fourth-order valence-corrected chi connectivity index (χ4v) is 1.81. The van der Waals surface area contributed by atoms with Gasteiger partial charge in [0.1, 0.15) is 0 Å². The van der Waals surface area contributed by atoms with E-state index in [4.69, 9.17) is 4.74 Å². The molecule has 3 nitrogen and oxygen atoms in total. The van der Waals surface area contributed by atoms with E-state index in [2.05, 4.69) is 5.32 Å². The van der Waals surface area contributed by atoms with Crippen molar-refractivity contribution >= 4 is 0 Å². The quantitative estimate of drug-likeness (QED) is 0.683. The van der Waals surface area contributed by atoms with E-state index in [1.807, 2.05) is 6.92 Å². The van der Waals surface area contributed by atoms with Gasteiger partial charge in [-0.2, -0.15) is 0 Å². The summed E-state index contributed by atoms with van der Waals surface area (Å²) in [4.78, 5) is 0. The van der Waals surface area contributed by atoms with Crippen LogP contribution >= 0.6 is 0 Å². The van der Waals surface area contributed by atoms with Crippen LogP contribution in [0.3, 0.4) is 0 Å². The molecule has 0 aromatic heterocycles. The maximum absolute atomic E-state index is 9.78. The van der Waals surface area contributed by atoms with Gasteiger partial charge in [-0.15, -0.1) is 0 Å². The molecule has 1 aliphatic rings. The van der Waals surface area contributed by atoms with E-state index in [-0.39, 0.29) is 6.10 Å². The molecule has 1 fully saturated rings. The van der Waals surface area contributed by atoms with Gasteiger partial charge in [0.05, 0.1) is 12.7 Å². The van der Waals surface area contributed by atoms with Gasteiger partial charge >= 0.3 is 0 Å². The topological polar surface area (TPSA) is 41.5 Å². The Morgan fingerprint density at radius 1 is 1.46 bits per heavy atom. The van der Waals surface area contributed by atoms with Crippen LogP contribution in [0.4, 0.5) is 0 Å². The van der Waals surface area contributed by atoms with Crippen LogP contribution < -0.4 is 5.32 Å². The highest BCUT2D eigenvalue weighted by Gasteiger charge is 2.20. The van der Waals surface area contributed by atoms with Crippen LogP contribution in [0.25, 0.3) is 0 Å². The summed E-state index contributed by atoms with van der Waals surface area (Å²) < 4.78 is 5.22. The Hall–Kier alpha value is -0.120. The fraction of sp³-hybridized carbons (Fsp3) is 1.00. The number of rotatable bonds is 4. The van der Waals surface area contributed by atoms with Crippen molar-refractivity contribution in [2.24, 2.45) is 5.92 Å². The van der Waals surface area contributed by atoms with Gasteiger partial charge in [-0.3, -0.25) is 0 Å². The van der Waals surface area contributed by atoms with Crippen molar-refractivity contribution in [1.29, 1.82) is 0 Å². The molecule has 0 aromatic carbocycles.